The van der Waals surface area contributed by atoms with Crippen molar-refractivity contribution in [3.05, 3.63) is 65.2 Å². The third-order valence-electron chi connectivity index (χ3n) is 6.03. The van der Waals surface area contributed by atoms with Crippen LogP contribution in [0, 0.1) is 5.92 Å². The summed E-state index contributed by atoms with van der Waals surface area (Å²) in [5, 5.41) is 13.8. The van der Waals surface area contributed by atoms with Crippen LogP contribution in [0.25, 0.3) is 22.2 Å². The molecule has 0 saturated heterocycles. The van der Waals surface area contributed by atoms with Crippen molar-refractivity contribution in [2.75, 3.05) is 11.9 Å². The van der Waals surface area contributed by atoms with Gasteiger partial charge in [0.15, 0.2) is 0 Å². The number of ether oxygens (including phenoxy) is 1. The summed E-state index contributed by atoms with van der Waals surface area (Å²) < 4.78 is 5.64. The number of rotatable bonds is 7. The van der Waals surface area contributed by atoms with E-state index in [2.05, 4.69) is 15.5 Å². The molecule has 1 amide bonds. The standard InChI is InChI=1S/C26H26N4O2S/c1-2-32-19-11-7-10-18(15-19)23-16-21(20-12-5-6-13-22(20)27-23)25(31)28-26-30-29-24(33-26)14-17-8-3-4-9-17/h5-7,10-13,15-17H,2-4,8-9,14H2,1H3,(H,28,30,31). The fourth-order valence-corrected chi connectivity index (χ4v) is 5.28. The van der Waals surface area contributed by atoms with Crippen molar-refractivity contribution < 1.29 is 9.53 Å². The molecule has 0 radical (unpaired) electrons. The number of amides is 1. The van der Waals surface area contributed by atoms with Crippen LogP contribution < -0.4 is 10.1 Å². The van der Waals surface area contributed by atoms with Crippen molar-refractivity contribution in [1.82, 2.24) is 15.2 Å². The topological polar surface area (TPSA) is 77.0 Å². The highest BCUT2D eigenvalue weighted by atomic mass is 32.1. The Kier molecular flexibility index (Phi) is 6.30. The van der Waals surface area contributed by atoms with Gasteiger partial charge in [-0.1, -0.05) is 67.4 Å². The Morgan fingerprint density at radius 2 is 1.94 bits per heavy atom. The Morgan fingerprint density at radius 3 is 2.79 bits per heavy atom. The lowest BCUT2D eigenvalue weighted by Crippen LogP contribution is -2.13. The molecule has 0 bridgehead atoms. The summed E-state index contributed by atoms with van der Waals surface area (Å²) in [5.41, 5.74) is 2.95. The highest BCUT2D eigenvalue weighted by molar-refractivity contribution is 7.15. The molecule has 0 unspecified atom stereocenters. The van der Waals surface area contributed by atoms with Gasteiger partial charge in [-0.3, -0.25) is 10.1 Å². The summed E-state index contributed by atoms with van der Waals surface area (Å²) in [6.45, 7) is 2.54. The number of hydrogen-bond acceptors (Lipinski definition) is 6. The van der Waals surface area contributed by atoms with Crippen LogP contribution >= 0.6 is 11.3 Å². The van der Waals surface area contributed by atoms with Crippen LogP contribution in [0.4, 0.5) is 5.13 Å². The molecule has 168 valence electrons. The summed E-state index contributed by atoms with van der Waals surface area (Å²) in [4.78, 5) is 18.1. The molecule has 1 aliphatic rings. The predicted octanol–water partition coefficient (Wildman–Crippen LogP) is 6.14. The first-order valence-corrected chi connectivity index (χ1v) is 12.3. The van der Waals surface area contributed by atoms with E-state index in [1.807, 2.05) is 61.5 Å². The number of carbonyl (C=O) groups is 1. The maximum absolute atomic E-state index is 13.3. The Morgan fingerprint density at radius 1 is 1.09 bits per heavy atom. The second-order valence-corrected chi connectivity index (χ2v) is 9.40. The number of anilines is 1. The quantitative estimate of drug-likeness (QED) is 0.360. The van der Waals surface area contributed by atoms with Crippen LogP contribution in [0.2, 0.25) is 0 Å². The first-order valence-electron chi connectivity index (χ1n) is 11.5. The molecule has 2 aromatic carbocycles. The lowest BCUT2D eigenvalue weighted by atomic mass is 10.0. The van der Waals surface area contributed by atoms with E-state index in [0.29, 0.717) is 23.2 Å². The molecule has 1 saturated carbocycles. The van der Waals surface area contributed by atoms with Crippen LogP contribution in [0.1, 0.15) is 48.0 Å². The molecule has 0 spiro atoms. The van der Waals surface area contributed by atoms with Gasteiger partial charge in [0.05, 0.1) is 23.4 Å². The fourth-order valence-electron chi connectivity index (χ4n) is 4.44. The zero-order valence-corrected chi connectivity index (χ0v) is 19.4. The van der Waals surface area contributed by atoms with Gasteiger partial charge in [-0.25, -0.2) is 4.98 Å². The highest BCUT2D eigenvalue weighted by Gasteiger charge is 2.19. The van der Waals surface area contributed by atoms with Gasteiger partial charge in [-0.2, -0.15) is 0 Å². The van der Waals surface area contributed by atoms with Gasteiger partial charge in [-0.15, -0.1) is 10.2 Å². The first kappa shape index (κ1) is 21.5. The summed E-state index contributed by atoms with van der Waals surface area (Å²) >= 11 is 1.47. The molecule has 33 heavy (non-hydrogen) atoms. The molecule has 0 aliphatic heterocycles. The molecule has 7 heteroatoms. The van der Waals surface area contributed by atoms with E-state index in [4.69, 9.17) is 9.72 Å². The molecule has 1 N–H and O–H groups in total. The molecule has 6 nitrogen and oxygen atoms in total. The molecular formula is C26H26N4O2S. The number of hydrogen-bond donors (Lipinski definition) is 1. The monoisotopic (exact) mass is 458 g/mol. The Balaban J connectivity index is 1.44. The second kappa shape index (κ2) is 9.67. The number of aromatic nitrogens is 3. The van der Waals surface area contributed by atoms with Gasteiger partial charge in [0.2, 0.25) is 5.13 Å². The highest BCUT2D eigenvalue weighted by Crippen LogP contribution is 2.31. The summed E-state index contributed by atoms with van der Waals surface area (Å²) in [6.07, 6.45) is 6.08. The predicted molar refractivity (Wildman–Crippen MR) is 132 cm³/mol. The van der Waals surface area contributed by atoms with E-state index in [-0.39, 0.29) is 5.91 Å². The summed E-state index contributed by atoms with van der Waals surface area (Å²) in [5.74, 6) is 1.26. The number of nitrogens with one attached hydrogen (secondary N) is 1. The van der Waals surface area contributed by atoms with Crippen molar-refractivity contribution >= 4 is 33.3 Å². The van der Waals surface area contributed by atoms with Gasteiger partial charge in [0, 0.05) is 17.4 Å². The average molecular weight is 459 g/mol. The number of carbonyl (C=O) groups excluding carboxylic acids is 1. The Bertz CT molecular complexity index is 1280. The molecule has 5 rings (SSSR count). The minimum Gasteiger partial charge on any atom is -0.494 e. The van der Waals surface area contributed by atoms with Crippen LogP contribution in [-0.4, -0.2) is 27.7 Å². The first-order chi connectivity index (χ1) is 16.2. The van der Waals surface area contributed by atoms with Gasteiger partial charge >= 0.3 is 0 Å². The van der Waals surface area contributed by atoms with E-state index >= 15 is 0 Å². The zero-order valence-electron chi connectivity index (χ0n) is 18.6. The number of fused-ring (bicyclic) bond motifs is 1. The largest absolute Gasteiger partial charge is 0.494 e. The van der Waals surface area contributed by atoms with Crippen molar-refractivity contribution in [2.45, 2.75) is 39.0 Å². The number of para-hydroxylation sites is 1. The van der Waals surface area contributed by atoms with E-state index in [0.717, 1.165) is 39.3 Å². The van der Waals surface area contributed by atoms with Gasteiger partial charge < -0.3 is 4.74 Å². The van der Waals surface area contributed by atoms with E-state index in [9.17, 15) is 4.79 Å². The number of benzene rings is 2. The molecule has 0 atom stereocenters. The third kappa shape index (κ3) is 4.88. The van der Waals surface area contributed by atoms with Crippen molar-refractivity contribution in [1.29, 1.82) is 0 Å². The molecule has 1 aliphatic carbocycles. The molecule has 4 aromatic rings. The van der Waals surface area contributed by atoms with Crippen LogP contribution in [0.3, 0.4) is 0 Å². The minimum absolute atomic E-state index is 0.209. The number of nitrogens with zero attached hydrogens (tertiary/aromatic N) is 3. The SMILES string of the molecule is CCOc1cccc(-c2cc(C(=O)Nc3nnc(CC4CCCC4)s3)c3ccccc3n2)c1. The van der Waals surface area contributed by atoms with Crippen molar-refractivity contribution in [2.24, 2.45) is 5.92 Å². The molecule has 2 aromatic heterocycles. The third-order valence-corrected chi connectivity index (χ3v) is 6.89. The van der Waals surface area contributed by atoms with Crippen LogP contribution in [-0.2, 0) is 6.42 Å². The van der Waals surface area contributed by atoms with Crippen molar-refractivity contribution in [3.8, 4) is 17.0 Å². The van der Waals surface area contributed by atoms with Gasteiger partial charge in [0.1, 0.15) is 10.8 Å². The molecular weight excluding hydrogens is 432 g/mol. The van der Waals surface area contributed by atoms with Gasteiger partial charge in [-0.05, 0) is 37.1 Å². The van der Waals surface area contributed by atoms with Gasteiger partial charge in [0.25, 0.3) is 5.91 Å². The van der Waals surface area contributed by atoms with E-state index < -0.39 is 0 Å². The van der Waals surface area contributed by atoms with Crippen LogP contribution in [0.5, 0.6) is 5.75 Å². The smallest absolute Gasteiger partial charge is 0.258 e. The Labute approximate surface area is 197 Å². The summed E-state index contributed by atoms with van der Waals surface area (Å²) in [6, 6.07) is 17.3. The normalized spacial score (nSPS) is 14.0. The zero-order chi connectivity index (χ0) is 22.6. The Hall–Kier alpha value is -3.32. The minimum atomic E-state index is -0.209. The maximum Gasteiger partial charge on any atom is 0.258 e. The van der Waals surface area contributed by atoms with E-state index in [1.54, 1.807) is 0 Å². The lowest BCUT2D eigenvalue weighted by Gasteiger charge is -2.10. The summed E-state index contributed by atoms with van der Waals surface area (Å²) in [7, 11) is 0. The molecule has 2 heterocycles. The average Bonchev–Trinajstić information content (AvgIpc) is 3.51. The fraction of sp³-hybridized carbons (Fsp3) is 0.308. The second-order valence-electron chi connectivity index (χ2n) is 8.34. The van der Waals surface area contributed by atoms with Crippen LogP contribution in [0.15, 0.2) is 54.6 Å². The molecule has 1 fully saturated rings. The number of pyridine rings is 1. The van der Waals surface area contributed by atoms with E-state index in [1.165, 1.54) is 37.0 Å². The lowest BCUT2D eigenvalue weighted by molar-refractivity contribution is 0.102. The van der Waals surface area contributed by atoms with Crippen molar-refractivity contribution in [3.63, 3.8) is 0 Å². The maximum atomic E-state index is 13.3.